The topological polar surface area (TPSA) is 0 Å². The van der Waals surface area contributed by atoms with Crippen molar-refractivity contribution < 1.29 is 0 Å². The SMILES string of the molecule is Cc1ccccc1-c1cccc2cccc(-c3ccccc3C)c12. The van der Waals surface area contributed by atoms with Gasteiger partial charge in [-0.2, -0.15) is 0 Å². The summed E-state index contributed by atoms with van der Waals surface area (Å²) < 4.78 is 0. The first-order valence-electron chi connectivity index (χ1n) is 8.39. The number of fused-ring (bicyclic) bond motifs is 1. The van der Waals surface area contributed by atoms with Gasteiger partial charge in [0.2, 0.25) is 0 Å². The number of hydrogen-bond donors (Lipinski definition) is 0. The van der Waals surface area contributed by atoms with Crippen LogP contribution in [0.1, 0.15) is 11.1 Å². The van der Waals surface area contributed by atoms with Gasteiger partial charge in [0.15, 0.2) is 0 Å². The normalized spacial score (nSPS) is 10.9. The van der Waals surface area contributed by atoms with E-state index >= 15 is 0 Å². The van der Waals surface area contributed by atoms with Crippen molar-refractivity contribution in [1.82, 2.24) is 0 Å². The lowest BCUT2D eigenvalue weighted by atomic mass is 9.89. The van der Waals surface area contributed by atoms with Gasteiger partial charge in [0.05, 0.1) is 0 Å². The summed E-state index contributed by atoms with van der Waals surface area (Å²) in [5.74, 6) is 0. The second kappa shape index (κ2) is 5.98. The number of rotatable bonds is 2. The molecule has 0 amide bonds. The van der Waals surface area contributed by atoms with Crippen LogP contribution in [0.15, 0.2) is 84.9 Å². The Labute approximate surface area is 143 Å². The molecule has 0 N–H and O–H groups in total. The van der Waals surface area contributed by atoms with Gasteiger partial charge in [-0.25, -0.2) is 0 Å². The zero-order valence-corrected chi connectivity index (χ0v) is 14.1. The molecule has 0 saturated carbocycles. The van der Waals surface area contributed by atoms with E-state index in [1.165, 1.54) is 44.2 Å². The molecule has 0 spiro atoms. The highest BCUT2D eigenvalue weighted by atomic mass is 14.2. The highest BCUT2D eigenvalue weighted by Gasteiger charge is 2.12. The van der Waals surface area contributed by atoms with Crippen LogP contribution in [0.5, 0.6) is 0 Å². The molecule has 0 unspecified atom stereocenters. The zero-order valence-electron chi connectivity index (χ0n) is 14.1. The minimum absolute atomic E-state index is 1.29. The molecule has 24 heavy (non-hydrogen) atoms. The maximum absolute atomic E-state index is 2.24. The predicted octanol–water partition coefficient (Wildman–Crippen LogP) is 6.79. The van der Waals surface area contributed by atoms with Crippen LogP contribution in [0.25, 0.3) is 33.0 Å². The molecule has 0 heteroatoms. The zero-order chi connectivity index (χ0) is 16.5. The molecule has 0 aliphatic heterocycles. The van der Waals surface area contributed by atoms with E-state index in [1.54, 1.807) is 0 Å². The summed E-state index contributed by atoms with van der Waals surface area (Å²) in [5.41, 5.74) is 7.86. The smallest absolute Gasteiger partial charge is 0.00266 e. The molecule has 0 fully saturated rings. The summed E-state index contributed by atoms with van der Waals surface area (Å²) in [6.45, 7) is 4.37. The molecule has 0 aromatic heterocycles. The van der Waals surface area contributed by atoms with Crippen LogP contribution < -0.4 is 0 Å². The third-order valence-electron chi connectivity index (χ3n) is 4.78. The summed E-state index contributed by atoms with van der Waals surface area (Å²) in [7, 11) is 0. The molecule has 0 atom stereocenters. The fourth-order valence-electron chi connectivity index (χ4n) is 3.54. The van der Waals surface area contributed by atoms with Crippen molar-refractivity contribution in [3.05, 3.63) is 96.1 Å². The van der Waals surface area contributed by atoms with Crippen molar-refractivity contribution in [2.45, 2.75) is 13.8 Å². The Morgan fingerprint density at radius 1 is 0.417 bits per heavy atom. The summed E-state index contributed by atoms with van der Waals surface area (Å²) in [6.07, 6.45) is 0. The molecule has 4 rings (SSSR count). The lowest BCUT2D eigenvalue weighted by Gasteiger charge is -2.15. The third kappa shape index (κ3) is 2.41. The van der Waals surface area contributed by atoms with E-state index in [9.17, 15) is 0 Å². The molecule has 0 heterocycles. The van der Waals surface area contributed by atoms with E-state index in [4.69, 9.17) is 0 Å². The molecule has 0 aliphatic rings. The molecule has 0 nitrogen and oxygen atoms in total. The van der Waals surface area contributed by atoms with Crippen molar-refractivity contribution >= 4 is 10.8 Å². The van der Waals surface area contributed by atoms with Gasteiger partial charge >= 0.3 is 0 Å². The Kier molecular flexibility index (Phi) is 3.66. The van der Waals surface area contributed by atoms with Gasteiger partial charge in [-0.05, 0) is 58.0 Å². The summed E-state index contributed by atoms with van der Waals surface area (Å²) in [5, 5.41) is 2.63. The Hall–Kier alpha value is -2.86. The molecule has 4 aromatic carbocycles. The van der Waals surface area contributed by atoms with Crippen LogP contribution in [0.2, 0.25) is 0 Å². The minimum atomic E-state index is 1.29. The summed E-state index contributed by atoms with van der Waals surface area (Å²) in [6, 6.07) is 30.5. The van der Waals surface area contributed by atoms with Gasteiger partial charge in [0, 0.05) is 0 Å². The first kappa shape index (κ1) is 14.7. The third-order valence-corrected chi connectivity index (χ3v) is 4.78. The monoisotopic (exact) mass is 308 g/mol. The Bertz CT molecular complexity index is 945. The molecular formula is C24H20. The lowest BCUT2D eigenvalue weighted by molar-refractivity contribution is 1.46. The second-order valence-corrected chi connectivity index (χ2v) is 6.34. The quantitative estimate of drug-likeness (QED) is 0.382. The molecule has 116 valence electrons. The highest BCUT2D eigenvalue weighted by molar-refractivity contribution is 6.07. The maximum Gasteiger partial charge on any atom is -0.00266 e. The van der Waals surface area contributed by atoms with Crippen LogP contribution in [-0.4, -0.2) is 0 Å². The van der Waals surface area contributed by atoms with E-state index in [2.05, 4.69) is 98.8 Å². The molecule has 0 bridgehead atoms. The molecular weight excluding hydrogens is 288 g/mol. The fraction of sp³-hybridized carbons (Fsp3) is 0.0833. The lowest BCUT2D eigenvalue weighted by Crippen LogP contribution is -1.89. The molecule has 4 aromatic rings. The first-order valence-corrected chi connectivity index (χ1v) is 8.39. The van der Waals surface area contributed by atoms with Crippen molar-refractivity contribution in [1.29, 1.82) is 0 Å². The Morgan fingerprint density at radius 3 is 1.29 bits per heavy atom. The van der Waals surface area contributed by atoms with Gasteiger partial charge < -0.3 is 0 Å². The Morgan fingerprint density at radius 2 is 0.833 bits per heavy atom. The largest absolute Gasteiger partial charge is 0.0620 e. The summed E-state index contributed by atoms with van der Waals surface area (Å²) in [4.78, 5) is 0. The fourth-order valence-corrected chi connectivity index (χ4v) is 3.54. The molecule has 0 aliphatic carbocycles. The molecule has 0 saturated heterocycles. The highest BCUT2D eigenvalue weighted by Crippen LogP contribution is 2.38. The van der Waals surface area contributed by atoms with Crippen molar-refractivity contribution in [2.75, 3.05) is 0 Å². The van der Waals surface area contributed by atoms with Gasteiger partial charge in [0.25, 0.3) is 0 Å². The van der Waals surface area contributed by atoms with Crippen LogP contribution in [0.3, 0.4) is 0 Å². The number of benzene rings is 4. The summed E-state index contributed by atoms with van der Waals surface area (Å²) >= 11 is 0. The van der Waals surface area contributed by atoms with E-state index < -0.39 is 0 Å². The van der Waals surface area contributed by atoms with Gasteiger partial charge in [0.1, 0.15) is 0 Å². The van der Waals surface area contributed by atoms with Crippen LogP contribution in [-0.2, 0) is 0 Å². The van der Waals surface area contributed by atoms with Crippen LogP contribution in [0.4, 0.5) is 0 Å². The van der Waals surface area contributed by atoms with Gasteiger partial charge in [-0.3, -0.25) is 0 Å². The van der Waals surface area contributed by atoms with E-state index in [1.807, 2.05) is 0 Å². The first-order chi connectivity index (χ1) is 11.8. The average Bonchev–Trinajstić information content (AvgIpc) is 2.62. The minimum Gasteiger partial charge on any atom is -0.0620 e. The standard InChI is InChI=1S/C24H20/c1-17-9-3-5-13-20(17)22-15-7-11-19-12-8-16-23(24(19)22)21-14-6-4-10-18(21)2/h3-16H,1-2H3. The Balaban J connectivity index is 2.11. The average molecular weight is 308 g/mol. The maximum atomic E-state index is 2.24. The number of aryl methyl sites for hydroxylation is 2. The van der Waals surface area contributed by atoms with Crippen molar-refractivity contribution in [2.24, 2.45) is 0 Å². The van der Waals surface area contributed by atoms with Crippen LogP contribution >= 0.6 is 0 Å². The van der Waals surface area contributed by atoms with Gasteiger partial charge in [-0.1, -0.05) is 84.9 Å². The van der Waals surface area contributed by atoms with E-state index in [0.29, 0.717) is 0 Å². The molecule has 0 radical (unpaired) electrons. The van der Waals surface area contributed by atoms with Crippen molar-refractivity contribution in [3.63, 3.8) is 0 Å². The second-order valence-electron chi connectivity index (χ2n) is 6.34. The number of hydrogen-bond acceptors (Lipinski definition) is 0. The van der Waals surface area contributed by atoms with Gasteiger partial charge in [-0.15, -0.1) is 0 Å². The van der Waals surface area contributed by atoms with Crippen molar-refractivity contribution in [3.8, 4) is 22.3 Å². The van der Waals surface area contributed by atoms with Crippen LogP contribution in [0, 0.1) is 13.8 Å². The van der Waals surface area contributed by atoms with E-state index in [-0.39, 0.29) is 0 Å². The predicted molar refractivity (Wildman–Crippen MR) is 104 cm³/mol. The van der Waals surface area contributed by atoms with E-state index in [0.717, 1.165) is 0 Å².